The van der Waals surface area contributed by atoms with Crippen LogP contribution in [-0.2, 0) is 19.3 Å². The van der Waals surface area contributed by atoms with Crippen LogP contribution in [0.25, 0.3) is 0 Å². The smallest absolute Gasteiger partial charge is 0.0484 e. The van der Waals surface area contributed by atoms with E-state index < -0.39 is 0 Å². The Hall–Kier alpha value is -2.53. The van der Waals surface area contributed by atoms with Crippen LogP contribution in [0, 0.1) is 18.8 Å². The molecule has 0 saturated carbocycles. The molecule has 2 unspecified atom stereocenters. The summed E-state index contributed by atoms with van der Waals surface area (Å²) in [5, 5.41) is 3.44. The zero-order valence-electron chi connectivity index (χ0n) is 25.5. The van der Waals surface area contributed by atoms with Crippen molar-refractivity contribution in [2.24, 2.45) is 17.5 Å². The van der Waals surface area contributed by atoms with Crippen LogP contribution in [0.5, 0.6) is 0 Å². The SMILES string of the molecule is C#C.C=CC(C)CC.CC.CN.NNCC1CN(CCCc2ccccc2)CN1.c1cnc2c(c1)CCCC2. The fraction of sp³-hybridized carbons (Fsp3) is 0.545. The Kier molecular flexibility index (Phi) is 28.2. The Morgan fingerprint density at radius 3 is 2.36 bits per heavy atom. The van der Waals surface area contributed by atoms with Gasteiger partial charge in [0.15, 0.2) is 0 Å². The van der Waals surface area contributed by atoms with Crippen molar-refractivity contribution in [1.82, 2.24) is 20.6 Å². The lowest BCUT2D eigenvalue weighted by Crippen LogP contribution is -2.39. The standard InChI is InChI=1S/C13H22N4.C9H11N.C6H12.C2H6.C2H2.CH5N/c14-16-9-13-10-17(11-15-13)8-4-7-12-5-2-1-3-6-12;1-2-6-9-8(4-1)5-3-7-10-9;1-4-6(3)5-2;3*1-2/h1-3,5-6,13,15-16H,4,7-11,14H2;3,5,7H,1-2,4,6H2;4,6H,1,5H2,2-3H3;1-2H3;1-2H;2H2,1H3. The maximum absolute atomic E-state index is 5.32. The van der Waals surface area contributed by atoms with Gasteiger partial charge >= 0.3 is 0 Å². The van der Waals surface area contributed by atoms with Gasteiger partial charge in [0.25, 0.3) is 0 Å². The molecule has 0 bridgehead atoms. The third-order valence-electron chi connectivity index (χ3n) is 6.37. The van der Waals surface area contributed by atoms with Crippen LogP contribution in [0.1, 0.15) is 70.2 Å². The van der Waals surface area contributed by atoms with Crippen molar-refractivity contribution in [2.45, 2.75) is 78.7 Å². The maximum Gasteiger partial charge on any atom is 0.0484 e. The highest BCUT2D eigenvalue weighted by atomic mass is 15.3. The predicted molar refractivity (Wildman–Crippen MR) is 172 cm³/mol. The van der Waals surface area contributed by atoms with Crippen LogP contribution in [0.3, 0.4) is 0 Å². The molecule has 6 heteroatoms. The summed E-state index contributed by atoms with van der Waals surface area (Å²) in [6, 6.07) is 15.4. The molecule has 0 radical (unpaired) electrons. The van der Waals surface area contributed by atoms with Crippen LogP contribution in [-0.4, -0.2) is 49.3 Å². The number of nitrogens with zero attached hydrogens (tertiary/aromatic N) is 2. The molecule has 2 aromatic rings. The number of pyridine rings is 1. The lowest BCUT2D eigenvalue weighted by atomic mass is 9.96. The van der Waals surface area contributed by atoms with E-state index in [-0.39, 0.29) is 0 Å². The summed E-state index contributed by atoms with van der Waals surface area (Å²) in [6.07, 6.45) is 20.6. The molecule has 0 spiro atoms. The molecule has 1 aliphatic heterocycles. The molecule has 4 rings (SSSR count). The van der Waals surface area contributed by atoms with E-state index in [9.17, 15) is 0 Å². The van der Waals surface area contributed by atoms with Crippen LogP contribution in [0.15, 0.2) is 61.3 Å². The Bertz CT molecular complexity index is 783. The van der Waals surface area contributed by atoms with Gasteiger partial charge in [-0.15, -0.1) is 19.4 Å². The van der Waals surface area contributed by atoms with Crippen LogP contribution < -0.4 is 22.3 Å². The number of terminal acetylenes is 1. The van der Waals surface area contributed by atoms with Crippen molar-refractivity contribution < 1.29 is 0 Å². The molecule has 1 saturated heterocycles. The zero-order chi connectivity index (χ0) is 29.7. The van der Waals surface area contributed by atoms with E-state index in [1.807, 2.05) is 32.2 Å². The van der Waals surface area contributed by atoms with Crippen molar-refractivity contribution in [3.05, 3.63) is 78.1 Å². The van der Waals surface area contributed by atoms with E-state index >= 15 is 0 Å². The summed E-state index contributed by atoms with van der Waals surface area (Å²) in [7, 11) is 1.50. The first-order chi connectivity index (χ1) is 19.2. The third kappa shape index (κ3) is 19.2. The Balaban J connectivity index is 0. The van der Waals surface area contributed by atoms with E-state index in [4.69, 9.17) is 5.84 Å². The number of hydrogen-bond donors (Lipinski definition) is 4. The number of rotatable bonds is 8. The van der Waals surface area contributed by atoms with Crippen molar-refractivity contribution in [2.75, 3.05) is 33.4 Å². The number of nitrogens with one attached hydrogen (secondary N) is 2. The summed E-state index contributed by atoms with van der Waals surface area (Å²) >= 11 is 0. The number of aryl methyl sites for hydroxylation is 3. The topological polar surface area (TPSA) is 92.2 Å². The number of fused-ring (bicyclic) bond motifs is 1. The Morgan fingerprint density at radius 1 is 1.13 bits per heavy atom. The molecule has 2 heterocycles. The minimum absolute atomic E-state index is 0.497. The normalized spacial score (nSPS) is 15.8. The number of hydrazine groups is 1. The molecule has 1 aromatic carbocycles. The van der Waals surface area contributed by atoms with E-state index in [0.29, 0.717) is 12.0 Å². The largest absolute Gasteiger partial charge is 0.333 e. The van der Waals surface area contributed by atoms with Crippen molar-refractivity contribution in [3.8, 4) is 12.8 Å². The van der Waals surface area contributed by atoms with Crippen LogP contribution in [0.2, 0.25) is 0 Å². The molecule has 39 heavy (non-hydrogen) atoms. The molecular formula is C33H58N6. The molecule has 2 aliphatic rings. The third-order valence-corrected chi connectivity index (χ3v) is 6.37. The fourth-order valence-electron chi connectivity index (χ4n) is 4.00. The van der Waals surface area contributed by atoms with Crippen LogP contribution in [0.4, 0.5) is 0 Å². The number of benzene rings is 1. The molecule has 1 fully saturated rings. The van der Waals surface area contributed by atoms with Crippen molar-refractivity contribution >= 4 is 0 Å². The highest BCUT2D eigenvalue weighted by molar-refractivity contribution is 5.21. The van der Waals surface area contributed by atoms with Gasteiger partial charge in [0.2, 0.25) is 0 Å². The second-order valence-electron chi connectivity index (χ2n) is 9.07. The molecule has 6 nitrogen and oxygen atoms in total. The molecule has 1 aromatic heterocycles. The highest BCUT2D eigenvalue weighted by Gasteiger charge is 2.20. The van der Waals surface area contributed by atoms with Gasteiger partial charge in [-0.1, -0.05) is 76.6 Å². The van der Waals surface area contributed by atoms with E-state index in [1.165, 1.54) is 62.4 Å². The first-order valence-corrected chi connectivity index (χ1v) is 14.6. The Labute approximate surface area is 241 Å². The minimum atomic E-state index is 0.497. The lowest BCUT2D eigenvalue weighted by molar-refractivity contribution is 0.325. The van der Waals surface area contributed by atoms with Crippen molar-refractivity contribution in [3.63, 3.8) is 0 Å². The lowest BCUT2D eigenvalue weighted by Gasteiger charge is -2.14. The second-order valence-corrected chi connectivity index (χ2v) is 9.07. The number of allylic oxidation sites excluding steroid dienone is 1. The summed E-state index contributed by atoms with van der Waals surface area (Å²) in [6.45, 7) is 16.0. The van der Waals surface area contributed by atoms with E-state index in [2.05, 4.69) is 96.0 Å². The minimum Gasteiger partial charge on any atom is -0.333 e. The van der Waals surface area contributed by atoms with Gasteiger partial charge in [-0.2, -0.15) is 0 Å². The van der Waals surface area contributed by atoms with Gasteiger partial charge in [0.05, 0.1) is 0 Å². The van der Waals surface area contributed by atoms with Gasteiger partial charge in [-0.3, -0.25) is 26.5 Å². The summed E-state index contributed by atoms with van der Waals surface area (Å²) in [5.41, 5.74) is 11.4. The summed E-state index contributed by atoms with van der Waals surface area (Å²) in [4.78, 5) is 6.77. The predicted octanol–water partition coefficient (Wildman–Crippen LogP) is 5.34. The van der Waals surface area contributed by atoms with Gasteiger partial charge in [-0.05, 0) is 75.2 Å². The van der Waals surface area contributed by atoms with E-state index in [1.54, 1.807) is 0 Å². The van der Waals surface area contributed by atoms with Crippen LogP contribution >= 0.6 is 0 Å². The van der Waals surface area contributed by atoms with Gasteiger partial charge in [-0.25, -0.2) is 0 Å². The highest BCUT2D eigenvalue weighted by Crippen LogP contribution is 2.17. The maximum atomic E-state index is 5.32. The molecule has 220 valence electrons. The molecule has 1 aliphatic carbocycles. The van der Waals surface area contributed by atoms with Gasteiger partial charge in [0, 0.05) is 37.7 Å². The average molecular weight is 539 g/mol. The van der Waals surface area contributed by atoms with E-state index in [0.717, 1.165) is 32.7 Å². The van der Waals surface area contributed by atoms with Gasteiger partial charge < -0.3 is 5.73 Å². The second kappa shape index (κ2) is 28.5. The molecule has 6 N–H and O–H groups in total. The Morgan fingerprint density at radius 2 is 1.79 bits per heavy atom. The van der Waals surface area contributed by atoms with Crippen molar-refractivity contribution in [1.29, 1.82) is 0 Å². The number of hydrogen-bond acceptors (Lipinski definition) is 6. The number of nitrogens with two attached hydrogens (primary N) is 2. The monoisotopic (exact) mass is 538 g/mol. The zero-order valence-corrected chi connectivity index (χ0v) is 25.5. The average Bonchev–Trinajstić information content (AvgIpc) is 3.48. The number of aromatic nitrogens is 1. The van der Waals surface area contributed by atoms with Gasteiger partial charge in [0.1, 0.15) is 0 Å². The molecular weight excluding hydrogens is 480 g/mol. The summed E-state index contributed by atoms with van der Waals surface area (Å²) < 4.78 is 0. The molecule has 0 amide bonds. The first kappa shape index (κ1) is 38.6. The quantitative estimate of drug-likeness (QED) is 0.157. The first-order valence-electron chi connectivity index (χ1n) is 14.6. The fourth-order valence-corrected chi connectivity index (χ4v) is 4.00. The molecule has 2 atom stereocenters. The summed E-state index contributed by atoms with van der Waals surface area (Å²) in [5.74, 6) is 6.02.